The van der Waals surface area contributed by atoms with Crippen LogP contribution in [0.5, 0.6) is 5.75 Å². The van der Waals surface area contributed by atoms with Gasteiger partial charge in [0.15, 0.2) is 0 Å². The van der Waals surface area contributed by atoms with Gasteiger partial charge < -0.3 is 14.2 Å². The molecule has 6 heteroatoms. The van der Waals surface area contributed by atoms with Gasteiger partial charge in [-0.3, -0.25) is 14.6 Å². The van der Waals surface area contributed by atoms with E-state index in [9.17, 15) is 4.79 Å². The van der Waals surface area contributed by atoms with E-state index in [1.54, 1.807) is 0 Å². The summed E-state index contributed by atoms with van der Waals surface area (Å²) in [5.41, 5.74) is 2.43. The number of nitrogens with zero attached hydrogens (tertiary/aromatic N) is 2. The van der Waals surface area contributed by atoms with Crippen molar-refractivity contribution in [2.45, 2.75) is 38.5 Å². The van der Waals surface area contributed by atoms with Gasteiger partial charge >= 0.3 is 5.97 Å². The van der Waals surface area contributed by atoms with Crippen LogP contribution in [0.3, 0.4) is 0 Å². The highest BCUT2D eigenvalue weighted by atomic mass is 16.5. The lowest BCUT2D eigenvalue weighted by molar-refractivity contribution is -0.141. The SMILES string of the molecule is COC(=O)CC[C@@H]1CN(Cc2cccc(OCc3ccccc3)c2)CC[C@@H]1N1CCOCC1. The second kappa shape index (κ2) is 12.2. The Morgan fingerprint density at radius 2 is 1.82 bits per heavy atom. The number of ether oxygens (including phenoxy) is 3. The Kier molecular flexibility index (Phi) is 8.75. The first-order valence-corrected chi connectivity index (χ1v) is 12.1. The van der Waals surface area contributed by atoms with Gasteiger partial charge in [0.2, 0.25) is 0 Å². The number of hydrogen-bond donors (Lipinski definition) is 0. The van der Waals surface area contributed by atoms with Crippen LogP contribution in [-0.2, 0) is 27.4 Å². The van der Waals surface area contributed by atoms with Gasteiger partial charge in [-0.2, -0.15) is 0 Å². The summed E-state index contributed by atoms with van der Waals surface area (Å²) >= 11 is 0. The minimum Gasteiger partial charge on any atom is -0.489 e. The molecule has 2 aliphatic rings. The van der Waals surface area contributed by atoms with Gasteiger partial charge in [0.25, 0.3) is 0 Å². The zero-order chi connectivity index (χ0) is 22.9. The highest BCUT2D eigenvalue weighted by Gasteiger charge is 2.34. The highest BCUT2D eigenvalue weighted by Crippen LogP contribution is 2.28. The minimum absolute atomic E-state index is 0.115. The van der Waals surface area contributed by atoms with Crippen LogP contribution < -0.4 is 4.74 Å². The summed E-state index contributed by atoms with van der Waals surface area (Å²) in [6, 6.07) is 19.2. The molecule has 0 amide bonds. The molecule has 6 nitrogen and oxygen atoms in total. The third-order valence-electron chi connectivity index (χ3n) is 6.79. The van der Waals surface area contributed by atoms with Gasteiger partial charge in [-0.1, -0.05) is 42.5 Å². The van der Waals surface area contributed by atoms with Gasteiger partial charge in [0, 0.05) is 38.6 Å². The molecule has 2 aromatic carbocycles. The van der Waals surface area contributed by atoms with Crippen molar-refractivity contribution in [1.29, 1.82) is 0 Å². The molecular weight excluding hydrogens is 416 g/mol. The number of rotatable bonds is 9. The largest absolute Gasteiger partial charge is 0.489 e. The summed E-state index contributed by atoms with van der Waals surface area (Å²) in [4.78, 5) is 16.9. The molecule has 2 fully saturated rings. The molecular formula is C27H36N2O4. The lowest BCUT2D eigenvalue weighted by atomic mass is 9.86. The fraction of sp³-hybridized carbons (Fsp3) is 0.519. The van der Waals surface area contributed by atoms with Crippen molar-refractivity contribution < 1.29 is 19.0 Å². The van der Waals surface area contributed by atoms with Gasteiger partial charge in [-0.15, -0.1) is 0 Å². The molecule has 0 aromatic heterocycles. The summed E-state index contributed by atoms with van der Waals surface area (Å²) in [5, 5.41) is 0. The van der Waals surface area contributed by atoms with Crippen molar-refractivity contribution in [3.05, 3.63) is 65.7 Å². The Labute approximate surface area is 197 Å². The van der Waals surface area contributed by atoms with Crippen LogP contribution in [0.15, 0.2) is 54.6 Å². The fourth-order valence-electron chi connectivity index (χ4n) is 5.05. The topological polar surface area (TPSA) is 51.2 Å². The summed E-state index contributed by atoms with van der Waals surface area (Å²) in [5.74, 6) is 1.24. The maximum Gasteiger partial charge on any atom is 0.305 e. The normalized spacial score (nSPS) is 22.1. The molecule has 2 aromatic rings. The number of piperidine rings is 1. The van der Waals surface area contributed by atoms with Crippen molar-refractivity contribution in [2.75, 3.05) is 46.5 Å². The molecule has 0 spiro atoms. The summed E-state index contributed by atoms with van der Waals surface area (Å²) in [6.45, 7) is 7.11. The van der Waals surface area contributed by atoms with Crippen LogP contribution >= 0.6 is 0 Å². The summed E-state index contributed by atoms with van der Waals surface area (Å²) in [6.07, 6.45) is 2.47. The van der Waals surface area contributed by atoms with Crippen LogP contribution in [0.1, 0.15) is 30.4 Å². The number of hydrogen-bond acceptors (Lipinski definition) is 6. The second-order valence-electron chi connectivity index (χ2n) is 9.04. The van der Waals surface area contributed by atoms with E-state index in [0.717, 1.165) is 64.5 Å². The molecule has 0 aliphatic carbocycles. The van der Waals surface area contributed by atoms with Gasteiger partial charge in [-0.25, -0.2) is 0 Å². The zero-order valence-electron chi connectivity index (χ0n) is 19.7. The Bertz CT molecular complexity index is 869. The van der Waals surface area contributed by atoms with Gasteiger partial charge in [0.1, 0.15) is 12.4 Å². The lowest BCUT2D eigenvalue weighted by Gasteiger charge is -2.45. The molecule has 33 heavy (non-hydrogen) atoms. The molecule has 2 saturated heterocycles. The van der Waals surface area contributed by atoms with Gasteiger partial charge in [-0.05, 0) is 48.6 Å². The third-order valence-corrected chi connectivity index (χ3v) is 6.79. The minimum atomic E-state index is -0.115. The van der Waals surface area contributed by atoms with Crippen LogP contribution in [0.4, 0.5) is 0 Å². The summed E-state index contributed by atoms with van der Waals surface area (Å²) < 4.78 is 16.5. The van der Waals surface area contributed by atoms with E-state index in [0.29, 0.717) is 25.0 Å². The van der Waals surface area contributed by atoms with Crippen molar-refractivity contribution in [3.63, 3.8) is 0 Å². The third kappa shape index (κ3) is 7.03. The van der Waals surface area contributed by atoms with E-state index in [1.165, 1.54) is 18.2 Å². The monoisotopic (exact) mass is 452 g/mol. The fourth-order valence-corrected chi connectivity index (χ4v) is 5.05. The van der Waals surface area contributed by atoms with Crippen LogP contribution in [0.25, 0.3) is 0 Å². The van der Waals surface area contributed by atoms with E-state index in [4.69, 9.17) is 14.2 Å². The number of methoxy groups -OCH3 is 1. The van der Waals surface area contributed by atoms with Crippen LogP contribution in [0.2, 0.25) is 0 Å². The van der Waals surface area contributed by atoms with E-state index < -0.39 is 0 Å². The predicted molar refractivity (Wildman–Crippen MR) is 128 cm³/mol. The quantitative estimate of drug-likeness (QED) is 0.541. The number of morpholine rings is 1. The number of esters is 1. The zero-order valence-corrected chi connectivity index (χ0v) is 19.7. The lowest BCUT2D eigenvalue weighted by Crippen LogP contribution is -2.53. The molecule has 2 atom stereocenters. The highest BCUT2D eigenvalue weighted by molar-refractivity contribution is 5.69. The average molecular weight is 453 g/mol. The molecule has 0 radical (unpaired) electrons. The number of benzene rings is 2. The van der Waals surface area contributed by atoms with E-state index in [2.05, 4.69) is 40.1 Å². The predicted octanol–water partition coefficient (Wildman–Crippen LogP) is 3.74. The number of likely N-dealkylation sites (tertiary alicyclic amines) is 1. The first-order chi connectivity index (χ1) is 16.2. The number of carbonyl (C=O) groups excluding carboxylic acids is 1. The standard InChI is InChI=1S/C27H36N2O4/c1-31-27(30)11-10-24-20-28(13-12-26(24)29-14-16-32-17-15-29)19-23-8-5-9-25(18-23)33-21-22-6-3-2-4-7-22/h2-9,18,24,26H,10-17,19-21H2,1H3/t24-,26+/m1/s1. The molecule has 0 bridgehead atoms. The van der Waals surface area contributed by atoms with Crippen molar-refractivity contribution in [2.24, 2.45) is 5.92 Å². The van der Waals surface area contributed by atoms with E-state index in [-0.39, 0.29) is 5.97 Å². The first-order valence-electron chi connectivity index (χ1n) is 12.1. The molecule has 178 valence electrons. The van der Waals surface area contributed by atoms with E-state index in [1.807, 2.05) is 24.3 Å². The summed E-state index contributed by atoms with van der Waals surface area (Å²) in [7, 11) is 1.47. The Morgan fingerprint density at radius 1 is 1.03 bits per heavy atom. The van der Waals surface area contributed by atoms with Crippen molar-refractivity contribution >= 4 is 5.97 Å². The van der Waals surface area contributed by atoms with E-state index >= 15 is 0 Å². The molecule has 4 rings (SSSR count). The maximum atomic E-state index is 11.8. The maximum absolute atomic E-state index is 11.8. The Hall–Kier alpha value is -2.41. The second-order valence-corrected chi connectivity index (χ2v) is 9.04. The van der Waals surface area contributed by atoms with Gasteiger partial charge in [0.05, 0.1) is 20.3 Å². The molecule has 2 heterocycles. The van der Waals surface area contributed by atoms with Crippen molar-refractivity contribution in [3.8, 4) is 5.75 Å². The van der Waals surface area contributed by atoms with Crippen molar-refractivity contribution in [1.82, 2.24) is 9.80 Å². The Balaban J connectivity index is 1.36. The average Bonchev–Trinajstić information content (AvgIpc) is 2.87. The van der Waals surface area contributed by atoms with Crippen LogP contribution in [-0.4, -0.2) is 68.3 Å². The Morgan fingerprint density at radius 3 is 2.61 bits per heavy atom. The molecule has 0 unspecified atom stereocenters. The first kappa shape index (κ1) is 23.7. The smallest absolute Gasteiger partial charge is 0.305 e. The number of carbonyl (C=O) groups is 1. The molecule has 0 saturated carbocycles. The molecule has 0 N–H and O–H groups in total. The van der Waals surface area contributed by atoms with Crippen LogP contribution in [0, 0.1) is 5.92 Å². The molecule has 2 aliphatic heterocycles.